The van der Waals surface area contributed by atoms with Crippen molar-refractivity contribution >= 4 is 11.8 Å². The standard InChI is InChI=1S/C20H21FN6O5.C4H12N2.C2H6/c1-10-25-26-17(32-10)16(30)24-20(2,3)19-23-13(14(28)18(31)27(19)4)15(29)22-9-11-5-7-12(21)8-6-11;1-2-3-6-4-5;1-2/h5-8,28H,9H2,1-4H3,(H,22,29)(H,24,30);6H,2-5H2,1H3;1-2H3. The molecule has 0 saturated heterocycles. The van der Waals surface area contributed by atoms with Crippen molar-refractivity contribution in [2.45, 2.75) is 60.0 Å². The summed E-state index contributed by atoms with van der Waals surface area (Å²) in [6, 6.07) is 5.44. The first-order valence-electron chi connectivity index (χ1n) is 12.8. The fraction of sp³-hybridized carbons (Fsp3) is 0.462. The SMILES string of the molecule is CC.CCCNCN.Cc1nnc(C(=O)NC(C)(C)c2nc(C(=O)NCc3ccc(F)cc3)c(O)c(=O)n2C)o1. The van der Waals surface area contributed by atoms with Crippen molar-refractivity contribution in [1.29, 1.82) is 0 Å². The molecule has 0 fully saturated rings. The molecular formula is C26H39FN8O5. The van der Waals surface area contributed by atoms with Crippen molar-refractivity contribution in [1.82, 2.24) is 35.7 Å². The molecule has 0 saturated carbocycles. The lowest BCUT2D eigenvalue weighted by Gasteiger charge is -2.27. The summed E-state index contributed by atoms with van der Waals surface area (Å²) in [7, 11) is 1.34. The number of carbonyl (C=O) groups is 2. The van der Waals surface area contributed by atoms with Crippen LogP contribution < -0.4 is 27.2 Å². The minimum atomic E-state index is -1.27. The molecule has 0 bridgehead atoms. The Morgan fingerprint density at radius 2 is 1.77 bits per heavy atom. The second-order valence-electron chi connectivity index (χ2n) is 8.72. The zero-order chi connectivity index (χ0) is 30.5. The number of nitrogens with zero attached hydrogens (tertiary/aromatic N) is 4. The maximum absolute atomic E-state index is 13.0. The van der Waals surface area contributed by atoms with Crippen LogP contribution in [-0.2, 0) is 19.1 Å². The predicted molar refractivity (Wildman–Crippen MR) is 147 cm³/mol. The van der Waals surface area contributed by atoms with E-state index in [1.54, 1.807) is 13.8 Å². The van der Waals surface area contributed by atoms with Crippen LogP contribution in [0.15, 0.2) is 33.5 Å². The third kappa shape index (κ3) is 9.54. The van der Waals surface area contributed by atoms with Gasteiger partial charge in [0.05, 0.1) is 5.54 Å². The van der Waals surface area contributed by atoms with Gasteiger partial charge in [-0.25, -0.2) is 9.37 Å². The highest BCUT2D eigenvalue weighted by molar-refractivity contribution is 5.94. The summed E-state index contributed by atoms with van der Waals surface area (Å²) in [4.78, 5) is 41.7. The normalized spacial score (nSPS) is 10.5. The van der Waals surface area contributed by atoms with Gasteiger partial charge in [0.2, 0.25) is 11.6 Å². The fourth-order valence-electron chi connectivity index (χ4n) is 3.24. The van der Waals surface area contributed by atoms with E-state index in [4.69, 9.17) is 10.2 Å². The number of benzene rings is 1. The van der Waals surface area contributed by atoms with E-state index in [9.17, 15) is 23.9 Å². The number of amides is 2. The van der Waals surface area contributed by atoms with E-state index in [1.807, 2.05) is 13.8 Å². The Bertz CT molecular complexity index is 1300. The Hall–Kier alpha value is -4.17. The van der Waals surface area contributed by atoms with Crippen LogP contribution in [0.2, 0.25) is 0 Å². The number of rotatable bonds is 9. The smallest absolute Gasteiger partial charge is 0.309 e. The number of aromatic nitrogens is 4. The van der Waals surface area contributed by atoms with Gasteiger partial charge in [-0.2, -0.15) is 0 Å². The molecule has 3 aromatic rings. The molecule has 0 unspecified atom stereocenters. The zero-order valence-electron chi connectivity index (χ0n) is 24.0. The number of halogens is 1. The van der Waals surface area contributed by atoms with Crippen LogP contribution in [0.4, 0.5) is 4.39 Å². The third-order valence-electron chi connectivity index (χ3n) is 5.12. The van der Waals surface area contributed by atoms with Gasteiger partial charge in [0.25, 0.3) is 11.5 Å². The van der Waals surface area contributed by atoms with Crippen LogP contribution in [0.25, 0.3) is 0 Å². The summed E-state index contributed by atoms with van der Waals surface area (Å²) < 4.78 is 19.1. The molecule has 0 atom stereocenters. The van der Waals surface area contributed by atoms with Crippen molar-refractivity contribution < 1.29 is 23.5 Å². The Morgan fingerprint density at radius 3 is 2.27 bits per heavy atom. The first-order valence-corrected chi connectivity index (χ1v) is 12.8. The molecule has 0 aliphatic heterocycles. The molecule has 2 aromatic heterocycles. The van der Waals surface area contributed by atoms with E-state index >= 15 is 0 Å². The van der Waals surface area contributed by atoms with E-state index in [1.165, 1.54) is 38.2 Å². The predicted octanol–water partition coefficient (Wildman–Crippen LogP) is 1.84. The molecule has 0 spiro atoms. The minimum Gasteiger partial charge on any atom is -0.501 e. The Kier molecular flexibility index (Phi) is 13.6. The lowest BCUT2D eigenvalue weighted by atomic mass is 10.0. The van der Waals surface area contributed by atoms with Crippen molar-refractivity contribution in [3.63, 3.8) is 0 Å². The molecule has 1 aromatic carbocycles. The van der Waals surface area contributed by atoms with Crippen LogP contribution in [0.1, 0.15) is 79.5 Å². The summed E-state index contributed by atoms with van der Waals surface area (Å²) in [5, 5.41) is 25.5. The summed E-state index contributed by atoms with van der Waals surface area (Å²) in [5.74, 6) is -2.88. The highest BCUT2D eigenvalue weighted by atomic mass is 19.1. The largest absolute Gasteiger partial charge is 0.501 e. The molecule has 0 radical (unpaired) electrons. The lowest BCUT2D eigenvalue weighted by Crippen LogP contribution is -2.46. The molecule has 13 nitrogen and oxygen atoms in total. The number of hydrogen-bond donors (Lipinski definition) is 5. The van der Waals surface area contributed by atoms with E-state index in [2.05, 4.69) is 38.1 Å². The second kappa shape index (κ2) is 16.1. The fourth-order valence-corrected chi connectivity index (χ4v) is 3.24. The Labute approximate surface area is 232 Å². The van der Waals surface area contributed by atoms with Crippen LogP contribution >= 0.6 is 0 Å². The minimum absolute atomic E-state index is 0.00294. The monoisotopic (exact) mass is 562 g/mol. The summed E-state index contributed by atoms with van der Waals surface area (Å²) in [5.41, 5.74) is 3.05. The van der Waals surface area contributed by atoms with Crippen molar-refractivity contribution in [3.8, 4) is 5.75 Å². The lowest BCUT2D eigenvalue weighted by molar-refractivity contribution is 0.0869. The number of nitrogens with one attached hydrogen (secondary N) is 3. The molecule has 6 N–H and O–H groups in total. The van der Waals surface area contributed by atoms with Crippen molar-refractivity contribution in [3.05, 3.63) is 69.3 Å². The van der Waals surface area contributed by atoms with Crippen LogP contribution in [0.5, 0.6) is 5.75 Å². The van der Waals surface area contributed by atoms with Crippen LogP contribution in [0, 0.1) is 12.7 Å². The van der Waals surface area contributed by atoms with Crippen molar-refractivity contribution in [2.24, 2.45) is 12.8 Å². The zero-order valence-corrected chi connectivity index (χ0v) is 24.0. The quantitative estimate of drug-likeness (QED) is 0.190. The van der Waals surface area contributed by atoms with Crippen molar-refractivity contribution in [2.75, 3.05) is 13.2 Å². The average Bonchev–Trinajstić information content (AvgIpc) is 3.37. The number of nitrogens with two attached hydrogens (primary N) is 1. The van der Waals surface area contributed by atoms with Crippen LogP contribution in [-0.4, -0.2) is 49.9 Å². The number of aryl methyl sites for hydroxylation is 1. The Morgan fingerprint density at radius 1 is 1.15 bits per heavy atom. The van der Waals surface area contributed by atoms with Gasteiger partial charge in [-0.3, -0.25) is 19.0 Å². The van der Waals surface area contributed by atoms with Crippen LogP contribution in [0.3, 0.4) is 0 Å². The van der Waals surface area contributed by atoms with Gasteiger partial charge in [0.1, 0.15) is 11.6 Å². The first-order chi connectivity index (χ1) is 18.9. The molecule has 220 valence electrons. The van der Waals surface area contributed by atoms with E-state index in [-0.39, 0.29) is 24.2 Å². The van der Waals surface area contributed by atoms with Gasteiger partial charge < -0.3 is 31.2 Å². The van der Waals surface area contributed by atoms with Gasteiger partial charge in [0.15, 0.2) is 5.69 Å². The van der Waals surface area contributed by atoms with E-state index in [0.29, 0.717) is 12.2 Å². The second-order valence-corrected chi connectivity index (χ2v) is 8.72. The number of hydrogen-bond acceptors (Lipinski definition) is 10. The highest BCUT2D eigenvalue weighted by Gasteiger charge is 2.32. The van der Waals surface area contributed by atoms with Gasteiger partial charge >= 0.3 is 11.8 Å². The maximum Gasteiger partial charge on any atom is 0.309 e. The molecule has 14 heteroatoms. The first kappa shape index (κ1) is 33.9. The molecule has 0 aliphatic rings. The van der Waals surface area contributed by atoms with Gasteiger partial charge in [-0.1, -0.05) is 32.9 Å². The number of aromatic hydroxyl groups is 1. The van der Waals surface area contributed by atoms with Gasteiger partial charge in [-0.15, -0.1) is 10.2 Å². The topological polar surface area (TPSA) is 190 Å². The Balaban J connectivity index is 0.000000885. The molecule has 0 aliphatic carbocycles. The van der Waals surface area contributed by atoms with E-state index in [0.717, 1.165) is 17.5 Å². The summed E-state index contributed by atoms with van der Waals surface area (Å²) >= 11 is 0. The molecule has 2 heterocycles. The summed E-state index contributed by atoms with van der Waals surface area (Å²) in [6.07, 6.45) is 1.16. The molecule has 2 amide bonds. The van der Waals surface area contributed by atoms with Gasteiger partial charge in [-0.05, 0) is 44.5 Å². The average molecular weight is 563 g/mol. The highest BCUT2D eigenvalue weighted by Crippen LogP contribution is 2.20. The molecule has 3 rings (SSSR count). The molecular weight excluding hydrogens is 523 g/mol. The van der Waals surface area contributed by atoms with Gasteiger partial charge in [0, 0.05) is 27.2 Å². The maximum atomic E-state index is 13.0. The number of carbonyl (C=O) groups excluding carboxylic acids is 2. The summed E-state index contributed by atoms with van der Waals surface area (Å²) in [6.45, 7) is 12.4. The molecule has 40 heavy (non-hydrogen) atoms. The van der Waals surface area contributed by atoms with E-state index < -0.39 is 40.2 Å². The third-order valence-corrected chi connectivity index (χ3v) is 5.12.